The topological polar surface area (TPSA) is 29.5 Å². The van der Waals surface area contributed by atoms with Gasteiger partial charge in [0.1, 0.15) is 6.61 Å². The first-order valence-electron chi connectivity index (χ1n) is 7.48. The molecule has 0 aromatic carbocycles. The minimum Gasteiger partial charge on any atom is -0.377 e. The van der Waals surface area contributed by atoms with E-state index in [0.29, 0.717) is 18.4 Å². The van der Waals surface area contributed by atoms with E-state index in [1.807, 2.05) is 0 Å². The Morgan fingerprint density at radius 2 is 1.89 bits per heavy atom. The van der Waals surface area contributed by atoms with E-state index in [1.165, 1.54) is 38.8 Å². The van der Waals surface area contributed by atoms with Crippen molar-refractivity contribution in [1.29, 1.82) is 0 Å². The van der Waals surface area contributed by atoms with Gasteiger partial charge in [0.2, 0.25) is 0 Å². The van der Waals surface area contributed by atoms with Crippen molar-refractivity contribution in [3.63, 3.8) is 0 Å². The van der Waals surface area contributed by atoms with Gasteiger partial charge in [0.05, 0.1) is 0 Å². The van der Waals surface area contributed by atoms with Crippen LogP contribution in [-0.2, 0) is 9.53 Å². The Labute approximate surface area is 112 Å². The fraction of sp³-hybridized carbons (Fsp3) is 0.933. The molecule has 3 nitrogen and oxygen atoms in total. The zero-order valence-electron chi connectivity index (χ0n) is 12.3. The lowest BCUT2D eigenvalue weighted by Gasteiger charge is -2.37. The second-order valence-corrected chi connectivity index (χ2v) is 5.45. The lowest BCUT2D eigenvalue weighted by atomic mass is 9.82. The van der Waals surface area contributed by atoms with E-state index in [4.69, 9.17) is 4.74 Å². The number of methoxy groups -OCH3 is 1. The number of ketones is 1. The maximum absolute atomic E-state index is 11.9. The van der Waals surface area contributed by atoms with Crippen LogP contribution < -0.4 is 0 Å². The molecule has 2 atom stereocenters. The Bertz CT molecular complexity index is 237. The van der Waals surface area contributed by atoms with Gasteiger partial charge in [-0.15, -0.1) is 0 Å². The molecule has 2 unspecified atom stereocenters. The highest BCUT2D eigenvalue weighted by molar-refractivity contribution is 5.82. The van der Waals surface area contributed by atoms with Crippen LogP contribution in [0.3, 0.4) is 0 Å². The Balaban J connectivity index is 2.52. The summed E-state index contributed by atoms with van der Waals surface area (Å²) in [5.41, 5.74) is 0. The Morgan fingerprint density at radius 1 is 1.22 bits per heavy atom. The molecule has 0 N–H and O–H groups in total. The van der Waals surface area contributed by atoms with Gasteiger partial charge in [-0.1, -0.05) is 20.3 Å². The quantitative estimate of drug-likeness (QED) is 0.668. The van der Waals surface area contributed by atoms with E-state index in [9.17, 15) is 4.79 Å². The van der Waals surface area contributed by atoms with Gasteiger partial charge >= 0.3 is 0 Å². The highest BCUT2D eigenvalue weighted by atomic mass is 16.5. The molecule has 18 heavy (non-hydrogen) atoms. The van der Waals surface area contributed by atoms with Crippen LogP contribution in [0.2, 0.25) is 0 Å². The average Bonchev–Trinajstić information content (AvgIpc) is 2.39. The molecular formula is C15H29NO2. The number of carbonyl (C=O) groups excluding carboxylic acids is 1. The summed E-state index contributed by atoms with van der Waals surface area (Å²) in [6, 6.07) is 0.615. The van der Waals surface area contributed by atoms with Crippen molar-refractivity contribution in [1.82, 2.24) is 4.90 Å². The number of Topliss-reactive ketones (excluding diaryl/α,β-unsaturated/α-hetero) is 1. The monoisotopic (exact) mass is 255 g/mol. The Morgan fingerprint density at radius 3 is 2.44 bits per heavy atom. The molecule has 1 aliphatic carbocycles. The van der Waals surface area contributed by atoms with Crippen LogP contribution in [0.5, 0.6) is 0 Å². The predicted molar refractivity (Wildman–Crippen MR) is 74.8 cm³/mol. The first kappa shape index (κ1) is 15.6. The first-order chi connectivity index (χ1) is 8.72. The van der Waals surface area contributed by atoms with Gasteiger partial charge in [-0.2, -0.15) is 0 Å². The maximum atomic E-state index is 11.9. The average molecular weight is 255 g/mol. The van der Waals surface area contributed by atoms with Crippen LogP contribution in [0.1, 0.15) is 52.4 Å². The lowest BCUT2D eigenvalue weighted by Crippen LogP contribution is -2.41. The second kappa shape index (κ2) is 8.65. The van der Waals surface area contributed by atoms with Crippen LogP contribution in [0.25, 0.3) is 0 Å². The second-order valence-electron chi connectivity index (χ2n) is 5.45. The summed E-state index contributed by atoms with van der Waals surface area (Å²) in [4.78, 5) is 14.5. The molecule has 0 radical (unpaired) electrons. The molecule has 0 aromatic rings. The molecule has 0 heterocycles. The molecule has 1 aliphatic rings. The summed E-state index contributed by atoms with van der Waals surface area (Å²) < 4.78 is 4.98. The summed E-state index contributed by atoms with van der Waals surface area (Å²) in [6.45, 7) is 7.10. The predicted octanol–water partition coefficient (Wildman–Crippen LogP) is 2.88. The molecule has 3 heteroatoms. The molecule has 0 bridgehead atoms. The number of rotatable bonds is 8. The third-order valence-electron chi connectivity index (χ3n) is 3.93. The third kappa shape index (κ3) is 4.69. The SMILES string of the molecule is CCCN(CCC)C1CCCC(C(=O)COC)C1. The molecule has 0 spiro atoms. The number of nitrogens with zero attached hydrogens (tertiary/aromatic N) is 1. The maximum Gasteiger partial charge on any atom is 0.161 e. The van der Waals surface area contributed by atoms with Crippen molar-refractivity contribution in [3.8, 4) is 0 Å². The van der Waals surface area contributed by atoms with Crippen LogP contribution in [0, 0.1) is 5.92 Å². The van der Waals surface area contributed by atoms with Crippen molar-refractivity contribution in [2.75, 3.05) is 26.8 Å². The molecule has 0 saturated heterocycles. The smallest absolute Gasteiger partial charge is 0.161 e. The van der Waals surface area contributed by atoms with Crippen molar-refractivity contribution in [3.05, 3.63) is 0 Å². The van der Waals surface area contributed by atoms with Crippen molar-refractivity contribution >= 4 is 5.78 Å². The van der Waals surface area contributed by atoms with E-state index >= 15 is 0 Å². The normalized spacial score (nSPS) is 24.4. The van der Waals surface area contributed by atoms with Crippen molar-refractivity contribution in [2.24, 2.45) is 5.92 Å². The number of ether oxygens (including phenoxy) is 1. The van der Waals surface area contributed by atoms with Gasteiger partial charge in [0.15, 0.2) is 5.78 Å². The van der Waals surface area contributed by atoms with Crippen molar-refractivity contribution in [2.45, 2.75) is 58.4 Å². The molecular weight excluding hydrogens is 226 g/mol. The van der Waals surface area contributed by atoms with E-state index in [0.717, 1.165) is 12.8 Å². The summed E-state index contributed by atoms with van der Waals surface area (Å²) in [5, 5.41) is 0. The number of carbonyl (C=O) groups is 1. The van der Waals surface area contributed by atoms with Crippen LogP contribution >= 0.6 is 0 Å². The van der Waals surface area contributed by atoms with Crippen LogP contribution in [0.15, 0.2) is 0 Å². The van der Waals surface area contributed by atoms with Gasteiger partial charge in [-0.3, -0.25) is 4.79 Å². The van der Waals surface area contributed by atoms with Crippen molar-refractivity contribution < 1.29 is 9.53 Å². The molecule has 1 fully saturated rings. The third-order valence-corrected chi connectivity index (χ3v) is 3.93. The standard InChI is InChI=1S/C15H29NO2/c1-4-9-16(10-5-2)14-8-6-7-13(11-14)15(17)12-18-3/h13-14H,4-12H2,1-3H3. The summed E-state index contributed by atoms with van der Waals surface area (Å²) in [5.74, 6) is 0.537. The van der Waals surface area contributed by atoms with Crippen LogP contribution in [0.4, 0.5) is 0 Å². The zero-order valence-corrected chi connectivity index (χ0v) is 12.3. The lowest BCUT2D eigenvalue weighted by molar-refractivity contribution is -0.128. The van der Waals surface area contributed by atoms with Gasteiger partial charge in [0, 0.05) is 19.1 Å². The zero-order chi connectivity index (χ0) is 13.4. The van der Waals surface area contributed by atoms with Gasteiger partial charge < -0.3 is 9.64 Å². The van der Waals surface area contributed by atoms with E-state index in [-0.39, 0.29) is 5.92 Å². The Kier molecular flexibility index (Phi) is 7.52. The molecule has 1 rings (SSSR count). The fourth-order valence-corrected chi connectivity index (χ4v) is 3.10. The largest absolute Gasteiger partial charge is 0.377 e. The minimum absolute atomic E-state index is 0.236. The summed E-state index contributed by atoms with van der Waals surface area (Å²) in [6.07, 6.45) is 6.96. The highest BCUT2D eigenvalue weighted by Gasteiger charge is 2.29. The van der Waals surface area contributed by atoms with E-state index in [1.54, 1.807) is 7.11 Å². The first-order valence-corrected chi connectivity index (χ1v) is 7.48. The highest BCUT2D eigenvalue weighted by Crippen LogP contribution is 2.28. The molecule has 0 aromatic heterocycles. The van der Waals surface area contributed by atoms with Gasteiger partial charge in [-0.05, 0) is 45.2 Å². The molecule has 0 aliphatic heterocycles. The molecule has 1 saturated carbocycles. The van der Waals surface area contributed by atoms with E-state index < -0.39 is 0 Å². The molecule has 0 amide bonds. The van der Waals surface area contributed by atoms with Gasteiger partial charge in [0.25, 0.3) is 0 Å². The van der Waals surface area contributed by atoms with Crippen LogP contribution in [-0.4, -0.2) is 43.5 Å². The molecule has 106 valence electrons. The number of hydrogen-bond acceptors (Lipinski definition) is 3. The van der Waals surface area contributed by atoms with Gasteiger partial charge in [-0.25, -0.2) is 0 Å². The minimum atomic E-state index is 0.236. The summed E-state index contributed by atoms with van der Waals surface area (Å²) >= 11 is 0. The van der Waals surface area contributed by atoms with E-state index in [2.05, 4.69) is 18.7 Å². The summed E-state index contributed by atoms with van der Waals surface area (Å²) in [7, 11) is 1.61. The number of hydrogen-bond donors (Lipinski definition) is 0. The Hall–Kier alpha value is -0.410. The fourth-order valence-electron chi connectivity index (χ4n) is 3.10.